The molecule has 5 heteroatoms. The summed E-state index contributed by atoms with van der Waals surface area (Å²) in [6, 6.07) is 19.7. The molecule has 4 nitrogen and oxygen atoms in total. The fraction of sp³-hybridized carbons (Fsp3) is 0.158. The van der Waals surface area contributed by atoms with Crippen LogP contribution in [-0.2, 0) is 10.0 Å². The highest BCUT2D eigenvalue weighted by atomic mass is 32.2. The zero-order valence-corrected chi connectivity index (χ0v) is 14.4. The highest BCUT2D eigenvalue weighted by molar-refractivity contribution is 7.89. The van der Waals surface area contributed by atoms with Gasteiger partial charge < -0.3 is 4.74 Å². The summed E-state index contributed by atoms with van der Waals surface area (Å²) in [5.41, 5.74) is 0.846. The van der Waals surface area contributed by atoms with E-state index in [0.717, 1.165) is 10.9 Å². The molecule has 1 N–H and O–H groups in total. The molecule has 3 rings (SSSR count). The zero-order chi connectivity index (χ0) is 17.2. The molecule has 0 bridgehead atoms. The largest absolute Gasteiger partial charge is 0.497 e. The molecule has 1 unspecified atom stereocenters. The first-order chi connectivity index (χ1) is 11.5. The Balaban J connectivity index is 1.95. The smallest absolute Gasteiger partial charge is 0.241 e. The van der Waals surface area contributed by atoms with Gasteiger partial charge in [-0.05, 0) is 36.1 Å². The van der Waals surface area contributed by atoms with Crippen molar-refractivity contribution in [2.24, 2.45) is 0 Å². The molecular formula is C19H19NO3S. The predicted octanol–water partition coefficient (Wildman–Crippen LogP) is 3.89. The standard InChI is InChI=1S/C19H19NO3S/c1-14(16-9-5-10-17(13-16)23-2)20-24(21,22)19-12-6-8-15-7-3-4-11-18(15)19/h3-14,20H,1-2H3. The van der Waals surface area contributed by atoms with Gasteiger partial charge in [-0.15, -0.1) is 0 Å². The van der Waals surface area contributed by atoms with Gasteiger partial charge in [0.05, 0.1) is 12.0 Å². The summed E-state index contributed by atoms with van der Waals surface area (Å²) < 4.78 is 33.6. The highest BCUT2D eigenvalue weighted by Gasteiger charge is 2.20. The minimum Gasteiger partial charge on any atom is -0.497 e. The maximum atomic E-state index is 12.8. The van der Waals surface area contributed by atoms with Gasteiger partial charge in [-0.1, -0.05) is 48.5 Å². The number of sulfonamides is 1. The van der Waals surface area contributed by atoms with Crippen molar-refractivity contribution in [3.05, 3.63) is 72.3 Å². The lowest BCUT2D eigenvalue weighted by atomic mass is 10.1. The summed E-state index contributed by atoms with van der Waals surface area (Å²) in [5, 5.41) is 1.61. The van der Waals surface area contributed by atoms with Gasteiger partial charge in [-0.3, -0.25) is 0 Å². The van der Waals surface area contributed by atoms with Crippen molar-refractivity contribution in [3.8, 4) is 5.75 Å². The van der Waals surface area contributed by atoms with Gasteiger partial charge in [0.1, 0.15) is 5.75 Å². The maximum absolute atomic E-state index is 12.8. The molecule has 0 heterocycles. The average Bonchev–Trinajstić information content (AvgIpc) is 2.61. The normalized spacial score (nSPS) is 12.9. The molecule has 0 radical (unpaired) electrons. The number of benzene rings is 3. The lowest BCUT2D eigenvalue weighted by Crippen LogP contribution is -2.27. The van der Waals surface area contributed by atoms with Crippen LogP contribution in [0.5, 0.6) is 5.75 Å². The van der Waals surface area contributed by atoms with Crippen molar-refractivity contribution in [3.63, 3.8) is 0 Å². The second kappa shape index (κ2) is 6.63. The lowest BCUT2D eigenvalue weighted by molar-refractivity contribution is 0.413. The fourth-order valence-corrected chi connectivity index (χ4v) is 4.17. The van der Waals surface area contributed by atoms with E-state index in [2.05, 4.69) is 4.72 Å². The van der Waals surface area contributed by atoms with E-state index in [4.69, 9.17) is 4.74 Å². The lowest BCUT2D eigenvalue weighted by Gasteiger charge is -2.16. The summed E-state index contributed by atoms with van der Waals surface area (Å²) in [5.74, 6) is 0.698. The summed E-state index contributed by atoms with van der Waals surface area (Å²) in [6.07, 6.45) is 0. The Morgan fingerprint density at radius 1 is 0.958 bits per heavy atom. The highest BCUT2D eigenvalue weighted by Crippen LogP contribution is 2.25. The van der Waals surface area contributed by atoms with Crippen LogP contribution in [0, 0.1) is 0 Å². The molecule has 0 fully saturated rings. The van der Waals surface area contributed by atoms with Crippen LogP contribution in [0.15, 0.2) is 71.6 Å². The van der Waals surface area contributed by atoms with Crippen molar-refractivity contribution in [2.75, 3.05) is 7.11 Å². The number of methoxy groups -OCH3 is 1. The van der Waals surface area contributed by atoms with Crippen molar-refractivity contribution < 1.29 is 13.2 Å². The van der Waals surface area contributed by atoms with E-state index in [0.29, 0.717) is 11.1 Å². The van der Waals surface area contributed by atoms with E-state index in [-0.39, 0.29) is 10.9 Å². The van der Waals surface area contributed by atoms with Gasteiger partial charge >= 0.3 is 0 Å². The zero-order valence-electron chi connectivity index (χ0n) is 13.6. The molecule has 1 atom stereocenters. The van der Waals surface area contributed by atoms with E-state index in [1.54, 1.807) is 19.2 Å². The number of ether oxygens (including phenoxy) is 1. The molecule has 0 saturated heterocycles. The van der Waals surface area contributed by atoms with Crippen molar-refractivity contribution in [2.45, 2.75) is 17.9 Å². The third-order valence-electron chi connectivity index (χ3n) is 3.96. The minimum absolute atomic E-state index is 0.287. The molecule has 124 valence electrons. The average molecular weight is 341 g/mol. The van der Waals surface area contributed by atoms with Crippen molar-refractivity contribution >= 4 is 20.8 Å². The Bertz CT molecular complexity index is 962. The summed E-state index contributed by atoms with van der Waals surface area (Å²) in [4.78, 5) is 0.287. The second-order valence-electron chi connectivity index (χ2n) is 5.60. The van der Waals surface area contributed by atoms with Gasteiger partial charge in [0, 0.05) is 11.4 Å². The molecule has 24 heavy (non-hydrogen) atoms. The molecule has 3 aromatic carbocycles. The number of rotatable bonds is 5. The topological polar surface area (TPSA) is 55.4 Å². The van der Waals surface area contributed by atoms with Crippen molar-refractivity contribution in [1.29, 1.82) is 0 Å². The van der Waals surface area contributed by atoms with Gasteiger partial charge in [0.25, 0.3) is 0 Å². The van der Waals surface area contributed by atoms with E-state index >= 15 is 0 Å². The molecular weight excluding hydrogens is 322 g/mol. The Kier molecular flexibility index (Phi) is 4.55. The third kappa shape index (κ3) is 3.27. The Morgan fingerprint density at radius 3 is 2.46 bits per heavy atom. The number of hydrogen-bond donors (Lipinski definition) is 1. The van der Waals surface area contributed by atoms with E-state index in [1.165, 1.54) is 0 Å². The van der Waals surface area contributed by atoms with Crippen LogP contribution >= 0.6 is 0 Å². The van der Waals surface area contributed by atoms with Crippen molar-refractivity contribution in [1.82, 2.24) is 4.72 Å². The quantitative estimate of drug-likeness (QED) is 0.766. The SMILES string of the molecule is COc1cccc(C(C)NS(=O)(=O)c2cccc3ccccc23)c1. The van der Waals surface area contributed by atoms with E-state index < -0.39 is 10.0 Å². The Morgan fingerprint density at radius 2 is 1.67 bits per heavy atom. The maximum Gasteiger partial charge on any atom is 0.241 e. The number of hydrogen-bond acceptors (Lipinski definition) is 3. The van der Waals surface area contributed by atoms with Gasteiger partial charge in [0.2, 0.25) is 10.0 Å². The van der Waals surface area contributed by atoms with Crippen LogP contribution in [-0.4, -0.2) is 15.5 Å². The molecule has 0 aromatic heterocycles. The summed E-state index contributed by atoms with van der Waals surface area (Å²) >= 11 is 0. The fourth-order valence-electron chi connectivity index (χ4n) is 2.71. The first-order valence-electron chi connectivity index (χ1n) is 7.65. The van der Waals surface area contributed by atoms with Crippen LogP contribution in [0.2, 0.25) is 0 Å². The number of fused-ring (bicyclic) bond motifs is 1. The molecule has 3 aromatic rings. The van der Waals surface area contributed by atoms with Crippen LogP contribution < -0.4 is 9.46 Å². The Labute approximate surface area is 142 Å². The third-order valence-corrected chi connectivity index (χ3v) is 5.56. The number of nitrogens with one attached hydrogen (secondary N) is 1. The van der Waals surface area contributed by atoms with E-state index in [9.17, 15) is 8.42 Å². The summed E-state index contributed by atoms with van der Waals surface area (Å²) in [7, 11) is -2.06. The molecule has 0 amide bonds. The first-order valence-corrected chi connectivity index (χ1v) is 9.13. The molecule has 0 aliphatic carbocycles. The Hall–Kier alpha value is -2.37. The van der Waals surface area contributed by atoms with Crippen LogP contribution in [0.25, 0.3) is 10.8 Å². The second-order valence-corrected chi connectivity index (χ2v) is 7.28. The first kappa shape index (κ1) is 16.5. The van der Waals surface area contributed by atoms with Gasteiger partial charge in [0.15, 0.2) is 0 Å². The predicted molar refractivity (Wildman–Crippen MR) is 95.7 cm³/mol. The molecule has 0 saturated carbocycles. The molecule has 0 aliphatic heterocycles. The van der Waals surface area contributed by atoms with Gasteiger partial charge in [-0.2, -0.15) is 0 Å². The van der Waals surface area contributed by atoms with Crippen LogP contribution in [0.1, 0.15) is 18.5 Å². The monoisotopic (exact) mass is 341 g/mol. The van der Waals surface area contributed by atoms with Crippen LogP contribution in [0.4, 0.5) is 0 Å². The van der Waals surface area contributed by atoms with Gasteiger partial charge in [-0.25, -0.2) is 13.1 Å². The molecule has 0 aliphatic rings. The van der Waals surface area contributed by atoms with Crippen LogP contribution in [0.3, 0.4) is 0 Å². The summed E-state index contributed by atoms with van der Waals surface area (Å²) in [6.45, 7) is 1.82. The van der Waals surface area contributed by atoms with E-state index in [1.807, 2.05) is 61.5 Å². The minimum atomic E-state index is -3.64. The molecule has 0 spiro atoms.